The third-order valence-electron chi connectivity index (χ3n) is 5.92. The van der Waals surface area contributed by atoms with Gasteiger partial charge in [-0.25, -0.2) is 0 Å². The van der Waals surface area contributed by atoms with E-state index in [-0.39, 0.29) is 0 Å². The van der Waals surface area contributed by atoms with Crippen molar-refractivity contribution in [3.8, 4) is 0 Å². The Morgan fingerprint density at radius 3 is 2.68 bits per heavy atom. The first-order valence-electron chi connectivity index (χ1n) is 10.5. The minimum atomic E-state index is 0.664. The van der Waals surface area contributed by atoms with Crippen LogP contribution in [0.5, 0.6) is 0 Å². The maximum absolute atomic E-state index is 4.39. The Kier molecular flexibility index (Phi) is 9.04. The van der Waals surface area contributed by atoms with Gasteiger partial charge in [-0.15, -0.1) is 0 Å². The van der Waals surface area contributed by atoms with Crippen molar-refractivity contribution in [1.82, 2.24) is 20.4 Å². The number of guanidine groups is 1. The molecule has 2 rings (SSSR count). The van der Waals surface area contributed by atoms with Crippen molar-refractivity contribution in [2.24, 2.45) is 10.9 Å². The number of hydrogen-bond acceptors (Lipinski definition) is 3. The molecule has 2 aliphatic heterocycles. The lowest BCUT2D eigenvalue weighted by molar-refractivity contribution is 0.141. The standard InChI is InChI=1S/C20H41N5/c1-17(2)25-13-7-10-19(16-25)15-23-20(21-4)22-11-8-14-24-12-6-5-9-18(24)3/h17-19H,5-16H2,1-4H3,(H2,21,22,23). The molecule has 2 fully saturated rings. The molecule has 0 aromatic rings. The lowest BCUT2D eigenvalue weighted by Gasteiger charge is -2.35. The third kappa shape index (κ3) is 7.14. The van der Waals surface area contributed by atoms with E-state index in [2.05, 4.69) is 46.2 Å². The van der Waals surface area contributed by atoms with Crippen LogP contribution in [0.25, 0.3) is 0 Å². The van der Waals surface area contributed by atoms with Gasteiger partial charge in [0.25, 0.3) is 0 Å². The summed E-state index contributed by atoms with van der Waals surface area (Å²) >= 11 is 0. The molecule has 2 aliphatic rings. The van der Waals surface area contributed by atoms with E-state index in [0.29, 0.717) is 6.04 Å². The van der Waals surface area contributed by atoms with Crippen molar-refractivity contribution < 1.29 is 0 Å². The summed E-state index contributed by atoms with van der Waals surface area (Å²) in [5.41, 5.74) is 0. The summed E-state index contributed by atoms with van der Waals surface area (Å²) in [6, 6.07) is 1.43. The van der Waals surface area contributed by atoms with E-state index in [1.54, 1.807) is 0 Å². The highest BCUT2D eigenvalue weighted by molar-refractivity contribution is 5.79. The van der Waals surface area contributed by atoms with E-state index in [1.165, 1.54) is 64.7 Å². The molecule has 25 heavy (non-hydrogen) atoms. The molecule has 0 amide bonds. The second kappa shape index (κ2) is 11.0. The predicted molar refractivity (Wildman–Crippen MR) is 108 cm³/mol. The first-order chi connectivity index (χ1) is 12.1. The molecular formula is C20H41N5. The molecule has 2 saturated heterocycles. The minimum Gasteiger partial charge on any atom is -0.356 e. The molecule has 2 N–H and O–H groups in total. The lowest BCUT2D eigenvalue weighted by atomic mass is 9.97. The van der Waals surface area contributed by atoms with E-state index in [0.717, 1.165) is 31.0 Å². The lowest BCUT2D eigenvalue weighted by Crippen LogP contribution is -2.46. The second-order valence-electron chi connectivity index (χ2n) is 8.21. The van der Waals surface area contributed by atoms with Crippen molar-refractivity contribution in [3.05, 3.63) is 0 Å². The molecule has 2 unspecified atom stereocenters. The molecule has 2 heterocycles. The van der Waals surface area contributed by atoms with Gasteiger partial charge in [-0.05, 0) is 71.9 Å². The second-order valence-corrected chi connectivity index (χ2v) is 8.21. The topological polar surface area (TPSA) is 42.9 Å². The van der Waals surface area contributed by atoms with Crippen molar-refractivity contribution in [3.63, 3.8) is 0 Å². The van der Waals surface area contributed by atoms with Crippen LogP contribution < -0.4 is 10.6 Å². The zero-order valence-corrected chi connectivity index (χ0v) is 17.1. The first kappa shape index (κ1) is 20.5. The fourth-order valence-electron chi connectivity index (χ4n) is 4.17. The number of nitrogens with one attached hydrogen (secondary N) is 2. The molecule has 0 radical (unpaired) electrons. The maximum atomic E-state index is 4.39. The van der Waals surface area contributed by atoms with Crippen LogP contribution in [0, 0.1) is 5.92 Å². The van der Waals surface area contributed by atoms with Crippen molar-refractivity contribution in [2.75, 3.05) is 46.3 Å². The van der Waals surface area contributed by atoms with E-state index in [4.69, 9.17) is 0 Å². The fourth-order valence-corrected chi connectivity index (χ4v) is 4.17. The summed E-state index contributed by atoms with van der Waals surface area (Å²) in [7, 11) is 1.88. The highest BCUT2D eigenvalue weighted by Crippen LogP contribution is 2.18. The van der Waals surface area contributed by atoms with Crippen molar-refractivity contribution in [1.29, 1.82) is 0 Å². The van der Waals surface area contributed by atoms with Gasteiger partial charge < -0.3 is 20.4 Å². The highest BCUT2D eigenvalue weighted by atomic mass is 15.2. The zero-order chi connectivity index (χ0) is 18.1. The molecular weight excluding hydrogens is 310 g/mol. The smallest absolute Gasteiger partial charge is 0.190 e. The van der Waals surface area contributed by atoms with Gasteiger partial charge in [0.2, 0.25) is 0 Å². The van der Waals surface area contributed by atoms with Crippen LogP contribution in [0.3, 0.4) is 0 Å². The third-order valence-corrected chi connectivity index (χ3v) is 5.92. The van der Waals surface area contributed by atoms with Gasteiger partial charge in [0, 0.05) is 45.3 Å². The van der Waals surface area contributed by atoms with Crippen molar-refractivity contribution in [2.45, 2.75) is 71.4 Å². The van der Waals surface area contributed by atoms with Gasteiger partial charge in [0.15, 0.2) is 5.96 Å². The first-order valence-corrected chi connectivity index (χ1v) is 10.5. The molecule has 5 heteroatoms. The molecule has 2 atom stereocenters. The number of hydrogen-bond donors (Lipinski definition) is 2. The molecule has 0 aromatic heterocycles. The zero-order valence-electron chi connectivity index (χ0n) is 17.1. The Bertz CT molecular complexity index is 396. The molecule has 0 spiro atoms. The minimum absolute atomic E-state index is 0.664. The number of nitrogens with zero attached hydrogens (tertiary/aromatic N) is 3. The molecule has 146 valence electrons. The average molecular weight is 352 g/mol. The van der Waals surface area contributed by atoms with Crippen LogP contribution in [-0.2, 0) is 0 Å². The number of piperidine rings is 2. The van der Waals surface area contributed by atoms with Gasteiger partial charge >= 0.3 is 0 Å². The molecule has 5 nitrogen and oxygen atoms in total. The summed E-state index contributed by atoms with van der Waals surface area (Å²) in [4.78, 5) is 9.64. The molecule has 0 aliphatic carbocycles. The number of likely N-dealkylation sites (tertiary alicyclic amines) is 2. The Hall–Kier alpha value is -0.810. The summed E-state index contributed by atoms with van der Waals surface area (Å²) in [6.07, 6.45) is 7.99. The highest BCUT2D eigenvalue weighted by Gasteiger charge is 2.21. The van der Waals surface area contributed by atoms with E-state index < -0.39 is 0 Å². The summed E-state index contributed by atoms with van der Waals surface area (Å²) in [5, 5.41) is 7.04. The van der Waals surface area contributed by atoms with E-state index >= 15 is 0 Å². The van der Waals surface area contributed by atoms with Gasteiger partial charge in [-0.1, -0.05) is 6.42 Å². The van der Waals surface area contributed by atoms with E-state index in [1.807, 2.05) is 7.05 Å². The number of rotatable bonds is 7. The SMILES string of the molecule is CN=C(NCCCN1CCCCC1C)NCC1CCCN(C(C)C)C1. The Morgan fingerprint density at radius 1 is 1.12 bits per heavy atom. The normalized spacial score (nSPS) is 26.8. The van der Waals surface area contributed by atoms with Crippen LogP contribution in [-0.4, -0.2) is 74.2 Å². The van der Waals surface area contributed by atoms with Gasteiger partial charge in [-0.2, -0.15) is 0 Å². The monoisotopic (exact) mass is 351 g/mol. The summed E-state index contributed by atoms with van der Waals surface area (Å²) in [6.45, 7) is 14.0. The van der Waals surface area contributed by atoms with Gasteiger partial charge in [-0.3, -0.25) is 4.99 Å². The Labute approximate surface area is 155 Å². The van der Waals surface area contributed by atoms with Crippen LogP contribution in [0.2, 0.25) is 0 Å². The van der Waals surface area contributed by atoms with Gasteiger partial charge in [0.1, 0.15) is 0 Å². The maximum Gasteiger partial charge on any atom is 0.190 e. The average Bonchev–Trinajstić information content (AvgIpc) is 2.62. The predicted octanol–water partition coefficient (Wildman–Crippen LogP) is 2.54. The fraction of sp³-hybridized carbons (Fsp3) is 0.950. The van der Waals surface area contributed by atoms with Crippen LogP contribution in [0.4, 0.5) is 0 Å². The summed E-state index contributed by atoms with van der Waals surface area (Å²) in [5.74, 6) is 1.71. The van der Waals surface area contributed by atoms with Crippen molar-refractivity contribution >= 4 is 5.96 Å². The van der Waals surface area contributed by atoms with Crippen LogP contribution in [0.1, 0.15) is 59.3 Å². The van der Waals surface area contributed by atoms with Crippen LogP contribution in [0.15, 0.2) is 4.99 Å². The quantitative estimate of drug-likeness (QED) is 0.420. The molecule has 0 saturated carbocycles. The molecule has 0 bridgehead atoms. The van der Waals surface area contributed by atoms with Gasteiger partial charge in [0.05, 0.1) is 0 Å². The number of aliphatic imine (C=N–C) groups is 1. The van der Waals surface area contributed by atoms with Crippen LogP contribution >= 0.6 is 0 Å². The largest absolute Gasteiger partial charge is 0.356 e. The summed E-state index contributed by atoms with van der Waals surface area (Å²) < 4.78 is 0. The molecule has 0 aromatic carbocycles. The Morgan fingerprint density at radius 2 is 1.96 bits per heavy atom. The van der Waals surface area contributed by atoms with E-state index in [9.17, 15) is 0 Å². The Balaban J connectivity index is 1.60.